The average Bonchev–Trinajstić information content (AvgIpc) is 2.47. The van der Waals surface area contributed by atoms with Crippen molar-refractivity contribution in [3.63, 3.8) is 0 Å². The normalized spacial score (nSPS) is 23.7. The monoisotopic (exact) mass is 252 g/mol. The van der Waals surface area contributed by atoms with E-state index in [0.29, 0.717) is 0 Å². The van der Waals surface area contributed by atoms with E-state index in [1.807, 2.05) is 0 Å². The lowest BCUT2D eigenvalue weighted by Crippen LogP contribution is -2.12. The zero-order chi connectivity index (χ0) is 13.2. The zero-order valence-corrected chi connectivity index (χ0v) is 12.2. The summed E-state index contributed by atoms with van der Waals surface area (Å²) < 4.78 is 0. The summed E-state index contributed by atoms with van der Waals surface area (Å²) in [7, 11) is 0. The molecule has 1 aliphatic carbocycles. The molecule has 0 saturated heterocycles. The summed E-state index contributed by atoms with van der Waals surface area (Å²) in [5.74, 6) is 1.79. The molecule has 19 heavy (non-hydrogen) atoms. The Morgan fingerprint density at radius 2 is 1.58 bits per heavy atom. The van der Waals surface area contributed by atoms with Crippen molar-refractivity contribution < 1.29 is 0 Å². The van der Waals surface area contributed by atoms with Crippen LogP contribution in [0.3, 0.4) is 0 Å². The Labute approximate surface area is 116 Å². The predicted molar refractivity (Wildman–Crippen MR) is 83.7 cm³/mol. The molecule has 1 fully saturated rings. The topological polar surface area (TPSA) is 0 Å². The van der Waals surface area contributed by atoms with Crippen LogP contribution in [-0.2, 0) is 0 Å². The summed E-state index contributed by atoms with van der Waals surface area (Å²) >= 11 is 0. The molecule has 100 valence electrons. The molecular formula is C19H24. The molecule has 0 amide bonds. The minimum Gasteiger partial charge on any atom is -0.0651 e. The van der Waals surface area contributed by atoms with Gasteiger partial charge in [-0.15, -0.1) is 0 Å². The highest BCUT2D eigenvalue weighted by atomic mass is 14.3. The molecule has 0 bridgehead atoms. The minimum atomic E-state index is 0.800. The fourth-order valence-corrected chi connectivity index (χ4v) is 3.54. The molecule has 0 atom stereocenters. The summed E-state index contributed by atoms with van der Waals surface area (Å²) in [6.45, 7) is 4.50. The van der Waals surface area contributed by atoms with Crippen molar-refractivity contribution in [3.05, 3.63) is 47.5 Å². The van der Waals surface area contributed by atoms with Crippen LogP contribution in [0.5, 0.6) is 0 Å². The maximum Gasteiger partial charge on any atom is -0.0162 e. The van der Waals surface area contributed by atoms with Crippen LogP contribution < -0.4 is 0 Å². The van der Waals surface area contributed by atoms with E-state index in [9.17, 15) is 0 Å². The standard InChI is InChI=1S/C19H24/c1-3-15-5-8-16(9-6-15)18-11-10-17-12-14(2)4-7-19(17)13-18/h4,7,10-13,15-16H,3,5-6,8-9H2,1-2H3. The van der Waals surface area contributed by atoms with Crippen LogP contribution in [0.1, 0.15) is 56.1 Å². The van der Waals surface area contributed by atoms with Gasteiger partial charge in [-0.3, -0.25) is 0 Å². The fraction of sp³-hybridized carbons (Fsp3) is 0.474. The van der Waals surface area contributed by atoms with Crippen molar-refractivity contribution in [1.29, 1.82) is 0 Å². The van der Waals surface area contributed by atoms with Crippen molar-refractivity contribution in [2.45, 2.75) is 51.9 Å². The summed E-state index contributed by atoms with van der Waals surface area (Å²) in [5.41, 5.74) is 2.91. The van der Waals surface area contributed by atoms with E-state index in [1.54, 1.807) is 5.56 Å². The summed E-state index contributed by atoms with van der Waals surface area (Å²) in [5, 5.41) is 2.78. The Kier molecular flexibility index (Phi) is 3.59. The lowest BCUT2D eigenvalue weighted by molar-refractivity contribution is 0.319. The maximum atomic E-state index is 2.42. The number of fused-ring (bicyclic) bond motifs is 1. The molecule has 0 aromatic heterocycles. The van der Waals surface area contributed by atoms with E-state index in [2.05, 4.69) is 50.2 Å². The molecule has 2 aromatic rings. The Bertz CT molecular complexity index is 559. The SMILES string of the molecule is CCC1CCC(c2ccc3cc(C)ccc3c2)CC1. The van der Waals surface area contributed by atoms with Crippen LogP contribution in [0, 0.1) is 12.8 Å². The number of hydrogen-bond donors (Lipinski definition) is 0. The molecule has 0 heterocycles. The van der Waals surface area contributed by atoms with E-state index in [0.717, 1.165) is 11.8 Å². The highest BCUT2D eigenvalue weighted by Crippen LogP contribution is 2.37. The molecule has 0 heteroatoms. The van der Waals surface area contributed by atoms with Crippen LogP contribution in [0.15, 0.2) is 36.4 Å². The van der Waals surface area contributed by atoms with Gasteiger partial charge in [0.25, 0.3) is 0 Å². The fourth-order valence-electron chi connectivity index (χ4n) is 3.54. The number of rotatable bonds is 2. The first-order chi connectivity index (χ1) is 9.26. The van der Waals surface area contributed by atoms with Gasteiger partial charge in [0.05, 0.1) is 0 Å². The highest BCUT2D eigenvalue weighted by molar-refractivity contribution is 5.83. The lowest BCUT2D eigenvalue weighted by Gasteiger charge is -2.28. The van der Waals surface area contributed by atoms with E-state index in [-0.39, 0.29) is 0 Å². The van der Waals surface area contributed by atoms with E-state index in [4.69, 9.17) is 0 Å². The van der Waals surface area contributed by atoms with Gasteiger partial charge in [0.15, 0.2) is 0 Å². The molecule has 0 aliphatic heterocycles. The average molecular weight is 252 g/mol. The number of hydrogen-bond acceptors (Lipinski definition) is 0. The summed E-state index contributed by atoms with van der Waals surface area (Å²) in [6, 6.07) is 13.9. The molecule has 0 N–H and O–H groups in total. The van der Waals surface area contributed by atoms with Gasteiger partial charge in [-0.1, -0.05) is 55.3 Å². The molecule has 1 aliphatic rings. The highest BCUT2D eigenvalue weighted by Gasteiger charge is 2.21. The third kappa shape index (κ3) is 2.68. The largest absolute Gasteiger partial charge is 0.0651 e. The first-order valence-electron chi connectivity index (χ1n) is 7.76. The van der Waals surface area contributed by atoms with Crippen LogP contribution in [-0.4, -0.2) is 0 Å². The zero-order valence-electron chi connectivity index (χ0n) is 12.2. The van der Waals surface area contributed by atoms with E-state index in [1.165, 1.54) is 48.4 Å². The third-order valence-corrected chi connectivity index (χ3v) is 4.92. The molecule has 1 saturated carbocycles. The van der Waals surface area contributed by atoms with Crippen LogP contribution in [0.2, 0.25) is 0 Å². The number of aryl methyl sites for hydroxylation is 1. The van der Waals surface area contributed by atoms with Crippen molar-refractivity contribution in [1.82, 2.24) is 0 Å². The molecule has 2 aromatic carbocycles. The third-order valence-electron chi connectivity index (χ3n) is 4.92. The molecule has 3 rings (SSSR count). The van der Waals surface area contributed by atoms with Crippen molar-refractivity contribution >= 4 is 10.8 Å². The van der Waals surface area contributed by atoms with Crippen LogP contribution >= 0.6 is 0 Å². The van der Waals surface area contributed by atoms with Gasteiger partial charge in [0.1, 0.15) is 0 Å². The molecule has 0 nitrogen and oxygen atoms in total. The minimum absolute atomic E-state index is 0.800. The predicted octanol–water partition coefficient (Wildman–Crippen LogP) is 5.83. The van der Waals surface area contributed by atoms with E-state index < -0.39 is 0 Å². The molecule has 0 spiro atoms. The van der Waals surface area contributed by atoms with Gasteiger partial charge >= 0.3 is 0 Å². The van der Waals surface area contributed by atoms with E-state index >= 15 is 0 Å². The molecule has 0 radical (unpaired) electrons. The Hall–Kier alpha value is -1.30. The Balaban J connectivity index is 1.84. The second-order valence-electron chi connectivity index (χ2n) is 6.24. The van der Waals surface area contributed by atoms with Crippen LogP contribution in [0.4, 0.5) is 0 Å². The summed E-state index contributed by atoms with van der Waals surface area (Å²) in [4.78, 5) is 0. The second kappa shape index (κ2) is 5.36. The van der Waals surface area contributed by atoms with Gasteiger partial charge in [0.2, 0.25) is 0 Å². The van der Waals surface area contributed by atoms with Crippen molar-refractivity contribution in [3.8, 4) is 0 Å². The van der Waals surface area contributed by atoms with Crippen LogP contribution in [0.25, 0.3) is 10.8 Å². The maximum absolute atomic E-state index is 2.42. The van der Waals surface area contributed by atoms with Crippen molar-refractivity contribution in [2.24, 2.45) is 5.92 Å². The Morgan fingerprint density at radius 1 is 0.895 bits per heavy atom. The molecule has 0 unspecified atom stereocenters. The summed E-state index contributed by atoms with van der Waals surface area (Å²) in [6.07, 6.45) is 6.98. The smallest absolute Gasteiger partial charge is 0.0162 e. The van der Waals surface area contributed by atoms with Gasteiger partial charge in [-0.05, 0) is 60.8 Å². The van der Waals surface area contributed by atoms with Gasteiger partial charge in [0, 0.05) is 0 Å². The van der Waals surface area contributed by atoms with Crippen molar-refractivity contribution in [2.75, 3.05) is 0 Å². The van der Waals surface area contributed by atoms with Gasteiger partial charge in [-0.2, -0.15) is 0 Å². The van der Waals surface area contributed by atoms with Gasteiger partial charge in [-0.25, -0.2) is 0 Å². The first-order valence-corrected chi connectivity index (χ1v) is 7.76. The first kappa shape index (κ1) is 12.7. The second-order valence-corrected chi connectivity index (χ2v) is 6.24. The van der Waals surface area contributed by atoms with Gasteiger partial charge < -0.3 is 0 Å². The quantitative estimate of drug-likeness (QED) is 0.630. The Morgan fingerprint density at radius 3 is 2.32 bits per heavy atom. The lowest BCUT2D eigenvalue weighted by atomic mass is 9.77. The molecular weight excluding hydrogens is 228 g/mol. The number of benzene rings is 2.